The summed E-state index contributed by atoms with van der Waals surface area (Å²) >= 11 is 5.69. The van der Waals surface area contributed by atoms with Crippen LogP contribution in [0.4, 0.5) is 18.9 Å². The first-order valence-corrected chi connectivity index (χ1v) is 4.97. The van der Waals surface area contributed by atoms with Gasteiger partial charge in [0.25, 0.3) is 0 Å². The van der Waals surface area contributed by atoms with Crippen molar-refractivity contribution in [1.82, 2.24) is 0 Å². The van der Waals surface area contributed by atoms with Crippen molar-refractivity contribution >= 4 is 23.3 Å². The van der Waals surface area contributed by atoms with Crippen LogP contribution in [-0.2, 0) is 4.74 Å². The van der Waals surface area contributed by atoms with Crippen LogP contribution in [0.3, 0.4) is 0 Å². The third-order valence-corrected chi connectivity index (χ3v) is 2.18. The van der Waals surface area contributed by atoms with Crippen molar-refractivity contribution in [2.24, 2.45) is 0 Å². The Hall–Kier alpha value is -1.43. The predicted octanol–water partition coefficient (Wildman–Crippen LogP) is 3.03. The second-order valence-corrected chi connectivity index (χ2v) is 3.61. The summed E-state index contributed by atoms with van der Waals surface area (Å²) in [5.74, 6) is -0.961. The van der Waals surface area contributed by atoms with Crippen LogP contribution in [0.5, 0.6) is 0 Å². The number of carbonyl (C=O) groups is 1. The Morgan fingerprint density at radius 1 is 1.41 bits per heavy atom. The Kier molecular flexibility index (Phi) is 4.22. The maximum atomic E-state index is 11.8. The zero-order valence-corrected chi connectivity index (χ0v) is 9.31. The van der Waals surface area contributed by atoms with Crippen LogP contribution < -0.4 is 5.73 Å². The molecule has 0 aliphatic carbocycles. The molecule has 0 heterocycles. The van der Waals surface area contributed by atoms with Gasteiger partial charge in [0.1, 0.15) is 12.2 Å². The van der Waals surface area contributed by atoms with E-state index in [4.69, 9.17) is 17.3 Å². The summed E-state index contributed by atoms with van der Waals surface area (Å²) in [5.41, 5.74) is 5.42. The molecule has 7 heteroatoms. The fraction of sp³-hybridized carbons (Fsp3) is 0.300. The van der Waals surface area contributed by atoms with Crippen molar-refractivity contribution in [2.45, 2.75) is 12.6 Å². The number of hydrogen-bond donors (Lipinski definition) is 1. The molecule has 0 aliphatic rings. The lowest BCUT2D eigenvalue weighted by Crippen LogP contribution is -2.15. The van der Waals surface area contributed by atoms with E-state index in [1.165, 1.54) is 18.2 Å². The molecule has 94 valence electrons. The average Bonchev–Trinajstić information content (AvgIpc) is 2.15. The minimum atomic E-state index is -4.37. The zero-order valence-electron chi connectivity index (χ0n) is 8.55. The highest BCUT2D eigenvalue weighted by Gasteiger charge is 2.27. The number of nitrogens with two attached hydrogens (primary N) is 1. The van der Waals surface area contributed by atoms with Crippen molar-refractivity contribution in [3.8, 4) is 0 Å². The average molecular weight is 268 g/mol. The first-order chi connectivity index (χ1) is 7.81. The molecule has 0 unspecified atom stereocenters. The number of anilines is 1. The van der Waals surface area contributed by atoms with E-state index >= 15 is 0 Å². The lowest BCUT2D eigenvalue weighted by Gasteiger charge is -2.09. The molecule has 0 fully saturated rings. The quantitative estimate of drug-likeness (QED) is 0.676. The van der Waals surface area contributed by atoms with Gasteiger partial charge in [-0.15, -0.1) is 0 Å². The molecular formula is C10H9ClF3NO2. The molecule has 2 N–H and O–H groups in total. The van der Waals surface area contributed by atoms with Gasteiger partial charge in [-0.3, -0.25) is 0 Å². The number of benzene rings is 1. The van der Waals surface area contributed by atoms with Crippen LogP contribution in [0, 0.1) is 0 Å². The second-order valence-electron chi connectivity index (χ2n) is 3.21. The van der Waals surface area contributed by atoms with Gasteiger partial charge < -0.3 is 10.5 Å². The Bertz CT molecular complexity index is 400. The first-order valence-electron chi connectivity index (χ1n) is 4.59. The minimum absolute atomic E-state index is 0.0435. The Morgan fingerprint density at radius 2 is 2.06 bits per heavy atom. The molecule has 0 spiro atoms. The van der Waals surface area contributed by atoms with Gasteiger partial charge in [-0.1, -0.05) is 17.7 Å². The van der Waals surface area contributed by atoms with Gasteiger partial charge in [-0.05, 0) is 12.1 Å². The van der Waals surface area contributed by atoms with Crippen LogP contribution >= 0.6 is 11.6 Å². The summed E-state index contributed by atoms with van der Waals surface area (Å²) in [4.78, 5) is 11.4. The highest BCUT2D eigenvalue weighted by molar-refractivity contribution is 6.34. The van der Waals surface area contributed by atoms with E-state index in [9.17, 15) is 18.0 Å². The molecule has 0 atom stereocenters. The summed E-state index contributed by atoms with van der Waals surface area (Å²) in [6.07, 6.45) is -5.57. The fourth-order valence-electron chi connectivity index (χ4n) is 1.09. The maximum absolute atomic E-state index is 11.8. The van der Waals surface area contributed by atoms with E-state index in [-0.39, 0.29) is 16.3 Å². The lowest BCUT2D eigenvalue weighted by molar-refractivity contribution is -0.141. The van der Waals surface area contributed by atoms with Crippen LogP contribution in [-0.4, -0.2) is 18.8 Å². The zero-order chi connectivity index (χ0) is 13.1. The summed E-state index contributed by atoms with van der Waals surface area (Å²) in [5, 5.41) is 0.0435. The number of alkyl halides is 3. The molecule has 17 heavy (non-hydrogen) atoms. The van der Waals surface area contributed by atoms with Gasteiger partial charge in [-0.2, -0.15) is 13.2 Å². The van der Waals surface area contributed by atoms with Crippen molar-refractivity contribution in [3.63, 3.8) is 0 Å². The second kappa shape index (κ2) is 5.27. The molecule has 0 aromatic heterocycles. The Labute approximate surface area is 100 Å². The number of rotatable bonds is 3. The molecule has 0 amide bonds. The van der Waals surface area contributed by atoms with Gasteiger partial charge in [0.2, 0.25) is 0 Å². The number of esters is 1. The summed E-state index contributed by atoms with van der Waals surface area (Å²) in [7, 11) is 0. The molecule has 0 bridgehead atoms. The van der Waals surface area contributed by atoms with E-state index in [1.54, 1.807) is 0 Å². The fourth-order valence-corrected chi connectivity index (χ4v) is 1.35. The van der Waals surface area contributed by atoms with Crippen LogP contribution in [0.2, 0.25) is 5.02 Å². The first kappa shape index (κ1) is 13.6. The SMILES string of the molecule is Nc1cccc(Cl)c1C(=O)OCCC(F)(F)F. The molecule has 0 radical (unpaired) electrons. The van der Waals surface area contributed by atoms with Crippen molar-refractivity contribution in [3.05, 3.63) is 28.8 Å². The number of nitrogen functional groups attached to an aromatic ring is 1. The monoisotopic (exact) mass is 267 g/mol. The number of halogens is 4. The van der Waals surface area contributed by atoms with Crippen molar-refractivity contribution in [2.75, 3.05) is 12.3 Å². The van der Waals surface area contributed by atoms with Crippen molar-refractivity contribution < 1.29 is 22.7 Å². The van der Waals surface area contributed by atoms with Gasteiger partial charge in [-0.25, -0.2) is 4.79 Å². The standard InChI is InChI=1S/C10H9ClF3NO2/c11-6-2-1-3-7(15)8(6)9(16)17-5-4-10(12,13)14/h1-3H,4-5,15H2. The predicted molar refractivity (Wildman–Crippen MR) is 56.8 cm³/mol. The largest absolute Gasteiger partial charge is 0.462 e. The molecule has 1 aromatic carbocycles. The summed E-state index contributed by atoms with van der Waals surface area (Å²) < 4.78 is 39.9. The van der Waals surface area contributed by atoms with Crippen molar-refractivity contribution in [1.29, 1.82) is 0 Å². The summed E-state index contributed by atoms with van der Waals surface area (Å²) in [6.45, 7) is -0.757. The molecule has 3 nitrogen and oxygen atoms in total. The topological polar surface area (TPSA) is 52.3 Å². The number of carbonyl (C=O) groups excluding carboxylic acids is 1. The number of ether oxygens (including phenoxy) is 1. The van der Waals surface area contributed by atoms with Gasteiger partial charge >= 0.3 is 12.1 Å². The Morgan fingerprint density at radius 3 is 2.59 bits per heavy atom. The van der Waals surface area contributed by atoms with E-state index in [0.29, 0.717) is 0 Å². The maximum Gasteiger partial charge on any atom is 0.392 e. The highest BCUT2D eigenvalue weighted by Crippen LogP contribution is 2.24. The van der Waals surface area contributed by atoms with Gasteiger partial charge in [0, 0.05) is 5.69 Å². The molecule has 0 saturated carbocycles. The van der Waals surface area contributed by atoms with Crippen LogP contribution in [0.1, 0.15) is 16.8 Å². The van der Waals surface area contributed by atoms with E-state index in [2.05, 4.69) is 4.74 Å². The summed E-state index contributed by atoms with van der Waals surface area (Å²) in [6, 6.07) is 4.33. The molecule has 0 saturated heterocycles. The van der Waals surface area contributed by atoms with E-state index in [0.717, 1.165) is 0 Å². The number of hydrogen-bond acceptors (Lipinski definition) is 3. The third-order valence-electron chi connectivity index (χ3n) is 1.87. The smallest absolute Gasteiger partial charge is 0.392 e. The van der Waals surface area contributed by atoms with Crippen LogP contribution in [0.15, 0.2) is 18.2 Å². The lowest BCUT2D eigenvalue weighted by atomic mass is 10.2. The molecular weight excluding hydrogens is 259 g/mol. The Balaban J connectivity index is 2.65. The highest BCUT2D eigenvalue weighted by atomic mass is 35.5. The van der Waals surface area contributed by atoms with E-state index < -0.39 is 25.2 Å². The van der Waals surface area contributed by atoms with Crippen LogP contribution in [0.25, 0.3) is 0 Å². The molecule has 0 aliphatic heterocycles. The van der Waals surface area contributed by atoms with E-state index in [1.807, 2.05) is 0 Å². The van der Waals surface area contributed by atoms with Gasteiger partial charge in [0.15, 0.2) is 0 Å². The third kappa shape index (κ3) is 4.14. The normalized spacial score (nSPS) is 11.3. The molecule has 1 rings (SSSR count). The minimum Gasteiger partial charge on any atom is -0.462 e. The van der Waals surface area contributed by atoms with Gasteiger partial charge in [0.05, 0.1) is 11.4 Å². The molecule has 1 aromatic rings.